The molecule has 0 bridgehead atoms. The second-order valence-corrected chi connectivity index (χ2v) is 25.0. The second kappa shape index (κ2) is 19.6. The number of aliphatic hydroxyl groups excluding tert-OH is 3. The van der Waals surface area contributed by atoms with Gasteiger partial charge in [0.15, 0.2) is 6.23 Å². The van der Waals surface area contributed by atoms with Crippen LogP contribution in [0.25, 0.3) is 0 Å². The Kier molecular flexibility index (Phi) is 14.7. The Hall–Kier alpha value is -3.07. The van der Waals surface area contributed by atoms with Gasteiger partial charge in [0.1, 0.15) is 11.5 Å². The third-order valence-corrected chi connectivity index (χ3v) is 21.3. The lowest BCUT2D eigenvalue weighted by Gasteiger charge is -2.73. The van der Waals surface area contributed by atoms with Gasteiger partial charge in [-0.1, -0.05) is 90.5 Å². The number of rotatable bonds is 15. The van der Waals surface area contributed by atoms with Crippen LogP contribution >= 0.6 is 0 Å². The molecule has 1 aromatic rings. The van der Waals surface area contributed by atoms with Crippen LogP contribution < -0.4 is 16.0 Å². The van der Waals surface area contributed by atoms with Crippen LogP contribution in [0.5, 0.6) is 0 Å². The first-order valence-electron chi connectivity index (χ1n) is 27.0. The van der Waals surface area contributed by atoms with Crippen LogP contribution in [0.3, 0.4) is 0 Å². The van der Waals surface area contributed by atoms with Crippen LogP contribution in [0.15, 0.2) is 71.4 Å². The van der Waals surface area contributed by atoms with E-state index >= 15 is 0 Å². The molecule has 1 amide bonds. The van der Waals surface area contributed by atoms with Gasteiger partial charge in [-0.3, -0.25) is 4.79 Å². The van der Waals surface area contributed by atoms with Crippen molar-refractivity contribution in [2.75, 3.05) is 13.7 Å². The van der Waals surface area contributed by atoms with Crippen molar-refractivity contribution in [1.29, 1.82) is 0 Å². The molecule has 5 saturated carbocycles. The number of aliphatic hydroxyl groups is 3. The maximum absolute atomic E-state index is 14.9. The fraction of sp³-hybridized carbons (Fsp3) is 0.746. The quantitative estimate of drug-likeness (QED) is 0.0588. The molecule has 7 aliphatic carbocycles. The summed E-state index contributed by atoms with van der Waals surface area (Å²) >= 11 is 0. The lowest BCUT2D eigenvalue weighted by molar-refractivity contribution is -0.248. The van der Waals surface area contributed by atoms with Crippen molar-refractivity contribution < 1.29 is 24.9 Å². The second-order valence-electron chi connectivity index (χ2n) is 25.0. The van der Waals surface area contributed by atoms with E-state index in [0.29, 0.717) is 65.6 Å². The fourth-order valence-electron chi connectivity index (χ4n) is 16.9. The number of ether oxygens (including phenoxy) is 1. The van der Waals surface area contributed by atoms with Gasteiger partial charge in [-0.05, 0) is 203 Å². The highest BCUT2D eigenvalue weighted by molar-refractivity contribution is 5.83. The molecule has 7 aliphatic rings. The third kappa shape index (κ3) is 9.25. The van der Waals surface area contributed by atoms with E-state index in [9.17, 15) is 20.1 Å². The van der Waals surface area contributed by atoms with E-state index in [1.54, 1.807) is 13.2 Å². The van der Waals surface area contributed by atoms with Gasteiger partial charge in [0.25, 0.3) is 0 Å². The Bertz CT molecular complexity index is 2050. The number of carbonyl (C=O) groups excluding carboxylic acids is 1. The molecule has 13 unspecified atom stereocenters. The largest absolute Gasteiger partial charge is 0.508 e. The van der Waals surface area contributed by atoms with E-state index in [4.69, 9.17) is 4.74 Å². The number of fused-ring (bicyclic) bond motifs is 7. The van der Waals surface area contributed by atoms with E-state index in [-0.39, 0.29) is 39.1 Å². The minimum Gasteiger partial charge on any atom is -0.508 e. The van der Waals surface area contributed by atoms with Crippen molar-refractivity contribution in [3.63, 3.8) is 0 Å². The fourth-order valence-corrected chi connectivity index (χ4v) is 16.9. The third-order valence-electron chi connectivity index (χ3n) is 21.3. The highest BCUT2D eigenvalue weighted by Gasteiger charge is 2.72. The number of hydrogen-bond acceptors (Lipinski definition) is 7. The zero-order valence-corrected chi connectivity index (χ0v) is 43.4. The van der Waals surface area contributed by atoms with Crippen molar-refractivity contribution in [3.8, 4) is 0 Å². The molecule has 6 N–H and O–H groups in total. The number of benzene rings is 1. The molecule has 372 valence electrons. The van der Waals surface area contributed by atoms with E-state index in [2.05, 4.69) is 89.5 Å². The average Bonchev–Trinajstić information content (AvgIpc) is 3.72. The molecule has 8 heteroatoms. The smallest absolute Gasteiger partial charge is 0.226 e. The summed E-state index contributed by atoms with van der Waals surface area (Å²) in [7, 11) is 1.65. The minimum atomic E-state index is -0.867. The van der Waals surface area contributed by atoms with Crippen molar-refractivity contribution in [2.24, 2.45) is 74.4 Å². The summed E-state index contributed by atoms with van der Waals surface area (Å²) in [5, 5.41) is 42.9. The van der Waals surface area contributed by atoms with Crippen molar-refractivity contribution in [2.45, 2.75) is 190 Å². The standard InChI is InChI=1S/C59H91N3O5/c1-37(2)46-24-30-59(32-31-57(8)47(52(46)59)22-23-50-56(7)28-26-51(64)55(5,6)49(56)25-29-58(50,57)9)54(66)60-33-27-40-12-11-13-44(34-40)38(3)61-36-42-14-18-43(19-15-42)53(65)62-48(39(4)67-10)35-41-16-20-45(63)21-17-41/h12,14-16,18-21,37-38,41,44,46-47,49-53,61-65H,11,13,17,22-36H2,1-10H3,(H,60,66)/b48-39-/t38?,41?,44?,46?,47?,49?,50?,51?,52?,53?,56?,57-,58?,59?/m1/s1. The van der Waals surface area contributed by atoms with E-state index in [1.807, 2.05) is 31.2 Å². The van der Waals surface area contributed by atoms with Crippen LogP contribution in [0, 0.1) is 74.4 Å². The van der Waals surface area contributed by atoms with Gasteiger partial charge >= 0.3 is 0 Å². The summed E-state index contributed by atoms with van der Waals surface area (Å²) in [4.78, 5) is 14.9. The van der Waals surface area contributed by atoms with E-state index in [1.165, 1.54) is 56.1 Å². The van der Waals surface area contributed by atoms with Gasteiger partial charge in [0.05, 0.1) is 24.3 Å². The summed E-state index contributed by atoms with van der Waals surface area (Å²) in [5.41, 5.74) is 4.82. The number of hydrogen-bond donors (Lipinski definition) is 6. The summed E-state index contributed by atoms with van der Waals surface area (Å²) in [5.74, 6) is 5.67. The maximum Gasteiger partial charge on any atom is 0.226 e. The van der Waals surface area contributed by atoms with Crippen LogP contribution in [-0.4, -0.2) is 47.0 Å². The van der Waals surface area contributed by atoms with Gasteiger partial charge in [-0.2, -0.15) is 0 Å². The Balaban J connectivity index is 0.842. The summed E-state index contributed by atoms with van der Waals surface area (Å²) in [6.07, 6.45) is 24.2. The first kappa shape index (κ1) is 50.3. The lowest BCUT2D eigenvalue weighted by atomic mass is 9.32. The van der Waals surface area contributed by atoms with Gasteiger partial charge in [-0.15, -0.1) is 0 Å². The Morgan fingerprint density at radius 3 is 2.34 bits per heavy atom. The van der Waals surface area contributed by atoms with Crippen molar-refractivity contribution in [3.05, 3.63) is 82.5 Å². The number of amides is 1. The van der Waals surface area contributed by atoms with Gasteiger partial charge in [0.2, 0.25) is 5.91 Å². The van der Waals surface area contributed by atoms with E-state index in [0.717, 1.165) is 81.5 Å². The maximum atomic E-state index is 14.9. The molecule has 1 aromatic carbocycles. The first-order valence-corrected chi connectivity index (χ1v) is 27.0. The molecular formula is C59H91N3O5. The van der Waals surface area contributed by atoms with Crippen LogP contribution in [-0.2, 0) is 16.1 Å². The molecule has 0 heterocycles. The monoisotopic (exact) mass is 922 g/mol. The lowest BCUT2D eigenvalue weighted by Crippen LogP contribution is -2.67. The summed E-state index contributed by atoms with van der Waals surface area (Å²) in [6, 6.07) is 8.56. The molecule has 0 saturated heterocycles. The van der Waals surface area contributed by atoms with Crippen molar-refractivity contribution >= 4 is 5.91 Å². The first-order chi connectivity index (χ1) is 31.8. The number of nitrogens with one attached hydrogen (secondary N) is 3. The number of methoxy groups -OCH3 is 1. The van der Waals surface area contributed by atoms with Crippen LogP contribution in [0.4, 0.5) is 0 Å². The highest BCUT2D eigenvalue weighted by Crippen LogP contribution is 2.77. The van der Waals surface area contributed by atoms with Crippen molar-refractivity contribution in [1.82, 2.24) is 16.0 Å². The number of carbonyl (C=O) groups is 1. The van der Waals surface area contributed by atoms with Crippen LogP contribution in [0.1, 0.15) is 182 Å². The highest BCUT2D eigenvalue weighted by atomic mass is 16.5. The van der Waals surface area contributed by atoms with E-state index < -0.39 is 6.23 Å². The van der Waals surface area contributed by atoms with Gasteiger partial charge in [-0.25, -0.2) is 0 Å². The van der Waals surface area contributed by atoms with Gasteiger partial charge < -0.3 is 36.0 Å². The minimum absolute atomic E-state index is 0.0312. The Morgan fingerprint density at radius 2 is 1.64 bits per heavy atom. The average molecular weight is 922 g/mol. The van der Waals surface area contributed by atoms with Crippen LogP contribution in [0.2, 0.25) is 0 Å². The molecule has 0 aromatic heterocycles. The Labute approximate surface area is 405 Å². The molecule has 14 atom stereocenters. The molecule has 5 fully saturated rings. The zero-order chi connectivity index (χ0) is 48.1. The molecule has 0 aliphatic heterocycles. The van der Waals surface area contributed by atoms with Gasteiger partial charge in [0, 0.05) is 24.7 Å². The topological polar surface area (TPSA) is 123 Å². The SMILES string of the molecule is CO/C(C)=C(/CC1C=CC(O)=CC1)NC(O)c1ccc(CNC(C)C2CCC=C(CCNC(=O)C34CCC(C(C)C)C3C3CCC5C6(C)CCC(O)C(C)(C)C6CCC5(C)[C@]3(C)CC4)C2)cc1. The molecular weight excluding hydrogens is 831 g/mol. The zero-order valence-electron chi connectivity index (χ0n) is 43.4. The summed E-state index contributed by atoms with van der Waals surface area (Å²) < 4.78 is 5.55. The predicted molar refractivity (Wildman–Crippen MR) is 271 cm³/mol. The Morgan fingerprint density at radius 1 is 0.881 bits per heavy atom. The molecule has 8 nitrogen and oxygen atoms in total. The molecule has 67 heavy (non-hydrogen) atoms. The molecule has 8 rings (SSSR count). The normalized spacial score (nSPS) is 39.1. The predicted octanol–water partition coefficient (Wildman–Crippen LogP) is 12.4. The molecule has 0 radical (unpaired) electrons. The summed E-state index contributed by atoms with van der Waals surface area (Å²) in [6.45, 7) is 23.3. The number of allylic oxidation sites excluding steroid dienone is 6. The molecule has 0 spiro atoms.